The van der Waals surface area contributed by atoms with Gasteiger partial charge in [0.25, 0.3) is 5.91 Å². The van der Waals surface area contributed by atoms with E-state index in [1.165, 1.54) is 0 Å². The predicted molar refractivity (Wildman–Crippen MR) is 115 cm³/mol. The van der Waals surface area contributed by atoms with Crippen molar-refractivity contribution >= 4 is 17.6 Å². The summed E-state index contributed by atoms with van der Waals surface area (Å²) in [6.07, 6.45) is 10.1. The number of anilines is 1. The van der Waals surface area contributed by atoms with Gasteiger partial charge in [-0.25, -0.2) is 0 Å². The van der Waals surface area contributed by atoms with Crippen molar-refractivity contribution in [1.29, 1.82) is 5.26 Å². The number of carbonyl (C=O) groups excluding carboxylic acids is 1. The summed E-state index contributed by atoms with van der Waals surface area (Å²) in [7, 11) is 0. The Labute approximate surface area is 178 Å². The lowest BCUT2D eigenvalue weighted by atomic mass is 10.2. The highest BCUT2D eigenvalue weighted by atomic mass is 16.5. The number of unbranched alkanes of at least 4 members (excludes halogenated alkanes) is 2. The van der Waals surface area contributed by atoms with Crippen molar-refractivity contribution in [2.24, 2.45) is 4.99 Å². The molecule has 0 aliphatic carbocycles. The Balaban J connectivity index is 1.28. The molecule has 0 radical (unpaired) electrons. The molecule has 1 atom stereocenters. The monoisotopic (exact) mass is 413 g/mol. The van der Waals surface area contributed by atoms with E-state index in [4.69, 9.17) is 10.00 Å². The minimum atomic E-state index is -0.203. The Morgan fingerprint density at radius 2 is 2.03 bits per heavy atom. The maximum absolute atomic E-state index is 12.4. The zero-order valence-electron chi connectivity index (χ0n) is 17.4. The van der Waals surface area contributed by atoms with E-state index in [1.807, 2.05) is 23.2 Å². The van der Waals surface area contributed by atoms with Gasteiger partial charge in [-0.2, -0.15) is 5.26 Å². The maximum Gasteiger partial charge on any atom is 0.251 e. The van der Waals surface area contributed by atoms with E-state index in [0.29, 0.717) is 19.1 Å². The number of hydrogen-bond acceptors (Lipinski definition) is 6. The largest absolute Gasteiger partial charge is 0.368 e. The number of aromatic nitrogens is 1. The van der Waals surface area contributed by atoms with Crippen LogP contribution in [0.5, 0.6) is 0 Å². The van der Waals surface area contributed by atoms with Gasteiger partial charge in [0.05, 0.1) is 0 Å². The third-order valence-corrected chi connectivity index (χ3v) is 5.41. The molecule has 1 aromatic heterocycles. The Bertz CT molecular complexity index is 721. The van der Waals surface area contributed by atoms with Crippen LogP contribution in [0.3, 0.4) is 0 Å². The van der Waals surface area contributed by atoms with Gasteiger partial charge >= 0.3 is 0 Å². The van der Waals surface area contributed by atoms with Crippen LogP contribution in [0.15, 0.2) is 29.5 Å². The molecule has 3 rings (SSSR count). The minimum absolute atomic E-state index is 0.173. The van der Waals surface area contributed by atoms with Gasteiger partial charge in [-0.05, 0) is 44.4 Å². The molecule has 2 fully saturated rings. The first kappa shape index (κ1) is 22.0. The third-order valence-electron chi connectivity index (χ3n) is 5.41. The van der Waals surface area contributed by atoms with Crippen LogP contribution in [0.4, 0.5) is 5.69 Å². The molecule has 2 N–H and O–H groups in total. The van der Waals surface area contributed by atoms with Crippen LogP contribution in [-0.4, -0.2) is 78.6 Å². The van der Waals surface area contributed by atoms with Crippen molar-refractivity contribution in [2.45, 2.75) is 38.2 Å². The molecule has 1 amide bonds. The summed E-state index contributed by atoms with van der Waals surface area (Å²) in [5.41, 5.74) is 0.837. The Morgan fingerprint density at radius 3 is 2.73 bits per heavy atom. The number of carbonyl (C=O) groups is 1. The molecule has 162 valence electrons. The van der Waals surface area contributed by atoms with E-state index < -0.39 is 0 Å². The molecule has 0 saturated carbocycles. The van der Waals surface area contributed by atoms with Crippen LogP contribution in [0.1, 0.15) is 32.1 Å². The van der Waals surface area contributed by atoms with Crippen LogP contribution < -0.4 is 10.6 Å². The van der Waals surface area contributed by atoms with Gasteiger partial charge in [0.2, 0.25) is 5.96 Å². The molecular formula is C21H31N7O2. The van der Waals surface area contributed by atoms with E-state index in [-0.39, 0.29) is 12.0 Å². The van der Waals surface area contributed by atoms with Crippen molar-refractivity contribution < 1.29 is 9.53 Å². The molecule has 2 aliphatic heterocycles. The normalized spacial score (nSPS) is 20.0. The Hall–Kier alpha value is -2.70. The first-order valence-electron chi connectivity index (χ1n) is 10.8. The summed E-state index contributed by atoms with van der Waals surface area (Å²) in [6, 6.07) is 3.64. The molecule has 9 nitrogen and oxygen atoms in total. The van der Waals surface area contributed by atoms with Crippen molar-refractivity contribution in [3.63, 3.8) is 0 Å². The van der Waals surface area contributed by atoms with Gasteiger partial charge in [-0.3, -0.25) is 25.0 Å². The molecule has 0 aromatic carbocycles. The lowest BCUT2D eigenvalue weighted by Gasteiger charge is -2.35. The molecule has 0 spiro atoms. The predicted octanol–water partition coefficient (Wildman–Crippen LogP) is 1.41. The van der Waals surface area contributed by atoms with Crippen molar-refractivity contribution in [2.75, 3.05) is 51.2 Å². The zero-order chi connectivity index (χ0) is 21.0. The summed E-state index contributed by atoms with van der Waals surface area (Å²) < 4.78 is 5.52. The minimum Gasteiger partial charge on any atom is -0.368 e. The number of nitriles is 1. The Kier molecular flexibility index (Phi) is 8.87. The number of pyridine rings is 1. The van der Waals surface area contributed by atoms with Crippen LogP contribution in [-0.2, 0) is 9.53 Å². The summed E-state index contributed by atoms with van der Waals surface area (Å²) in [5, 5.41) is 14.5. The lowest BCUT2D eigenvalue weighted by Crippen LogP contribution is -2.51. The summed E-state index contributed by atoms with van der Waals surface area (Å²) in [5.74, 6) is 0.628. The number of nitrogens with one attached hydrogen (secondary N) is 2. The van der Waals surface area contributed by atoms with E-state index in [0.717, 1.165) is 70.5 Å². The highest BCUT2D eigenvalue weighted by Crippen LogP contribution is 2.16. The summed E-state index contributed by atoms with van der Waals surface area (Å²) in [4.78, 5) is 25.2. The van der Waals surface area contributed by atoms with E-state index in [9.17, 15) is 4.79 Å². The van der Waals surface area contributed by atoms with E-state index in [1.54, 1.807) is 12.4 Å². The maximum atomic E-state index is 12.4. The SMILES string of the molecule is N#CNC(=NCCCCCN1CCN(C(=O)C2CCCO2)CC1)Nc1ccncc1. The fourth-order valence-electron chi connectivity index (χ4n) is 3.72. The third kappa shape index (κ3) is 6.97. The first-order chi connectivity index (χ1) is 14.8. The summed E-state index contributed by atoms with van der Waals surface area (Å²) >= 11 is 0. The second-order valence-corrected chi connectivity index (χ2v) is 7.56. The standard InChI is InChI=1S/C21H31N7O2/c22-17-25-21(26-18-6-9-23-10-7-18)24-8-2-1-3-11-27-12-14-28(15-13-27)20(29)19-5-4-16-30-19/h6-7,9-10,19H,1-5,8,11-16H2,(H2,23,24,25,26). The second-order valence-electron chi connectivity index (χ2n) is 7.56. The zero-order valence-corrected chi connectivity index (χ0v) is 17.4. The first-order valence-corrected chi connectivity index (χ1v) is 10.8. The number of amides is 1. The molecule has 1 unspecified atom stereocenters. The van der Waals surface area contributed by atoms with Crippen LogP contribution >= 0.6 is 0 Å². The van der Waals surface area contributed by atoms with E-state index >= 15 is 0 Å². The molecule has 3 heterocycles. The molecule has 0 bridgehead atoms. The molecule has 30 heavy (non-hydrogen) atoms. The number of nitrogens with zero attached hydrogens (tertiary/aromatic N) is 5. The van der Waals surface area contributed by atoms with Crippen molar-refractivity contribution in [3.8, 4) is 6.19 Å². The molecule has 1 aromatic rings. The van der Waals surface area contributed by atoms with Gasteiger partial charge in [0.1, 0.15) is 6.10 Å². The van der Waals surface area contributed by atoms with Crippen molar-refractivity contribution in [3.05, 3.63) is 24.5 Å². The van der Waals surface area contributed by atoms with Gasteiger partial charge in [0, 0.05) is 57.4 Å². The fraction of sp³-hybridized carbons (Fsp3) is 0.619. The van der Waals surface area contributed by atoms with E-state index in [2.05, 4.69) is 25.5 Å². The van der Waals surface area contributed by atoms with Crippen molar-refractivity contribution in [1.82, 2.24) is 20.1 Å². The van der Waals surface area contributed by atoms with Gasteiger partial charge in [-0.1, -0.05) is 6.42 Å². The summed E-state index contributed by atoms with van der Waals surface area (Å²) in [6.45, 7) is 5.88. The topological polar surface area (TPSA) is 106 Å². The van der Waals surface area contributed by atoms with Gasteiger partial charge in [-0.15, -0.1) is 0 Å². The highest BCUT2D eigenvalue weighted by Gasteiger charge is 2.30. The number of aliphatic imine (C=N–C) groups is 1. The molecular weight excluding hydrogens is 382 g/mol. The van der Waals surface area contributed by atoms with Gasteiger partial charge < -0.3 is 15.0 Å². The molecule has 2 saturated heterocycles. The number of rotatable bonds is 8. The Morgan fingerprint density at radius 1 is 1.23 bits per heavy atom. The van der Waals surface area contributed by atoms with Gasteiger partial charge in [0.15, 0.2) is 6.19 Å². The second kappa shape index (κ2) is 12.1. The molecule has 9 heteroatoms. The van der Waals surface area contributed by atoms with Crippen LogP contribution in [0.2, 0.25) is 0 Å². The fourth-order valence-corrected chi connectivity index (χ4v) is 3.72. The lowest BCUT2D eigenvalue weighted by molar-refractivity contribution is -0.142. The smallest absolute Gasteiger partial charge is 0.251 e. The number of hydrogen-bond donors (Lipinski definition) is 2. The molecule has 2 aliphatic rings. The van der Waals surface area contributed by atoms with Crippen LogP contribution in [0.25, 0.3) is 0 Å². The number of guanidine groups is 1. The quantitative estimate of drug-likeness (QED) is 0.218. The number of ether oxygens (including phenoxy) is 1. The highest BCUT2D eigenvalue weighted by molar-refractivity contribution is 5.94. The average molecular weight is 414 g/mol. The average Bonchev–Trinajstić information content (AvgIpc) is 3.32. The van der Waals surface area contributed by atoms with Crippen LogP contribution in [0, 0.1) is 11.5 Å². The number of piperazine rings is 1.